The van der Waals surface area contributed by atoms with Gasteiger partial charge in [-0.15, -0.1) is 0 Å². The summed E-state index contributed by atoms with van der Waals surface area (Å²) in [5.41, 5.74) is 6.78. The van der Waals surface area contributed by atoms with Crippen molar-refractivity contribution in [3.05, 3.63) is 40.9 Å². The van der Waals surface area contributed by atoms with Crippen molar-refractivity contribution < 1.29 is 4.79 Å². The number of hydrogen-bond acceptors (Lipinski definition) is 2. The van der Waals surface area contributed by atoms with E-state index in [1.165, 1.54) is 0 Å². The average Bonchev–Trinajstić information content (AvgIpc) is 2.15. The summed E-state index contributed by atoms with van der Waals surface area (Å²) in [6.45, 7) is 5.48. The van der Waals surface area contributed by atoms with Gasteiger partial charge in [0.15, 0.2) is 0 Å². The minimum atomic E-state index is -0.522. The van der Waals surface area contributed by atoms with Crippen LogP contribution in [0.25, 0.3) is 0 Å². The molecule has 0 spiro atoms. The number of halogens is 1. The zero-order valence-electron chi connectivity index (χ0n) is 8.46. The van der Waals surface area contributed by atoms with E-state index in [9.17, 15) is 4.79 Å². The van der Waals surface area contributed by atoms with Gasteiger partial charge < -0.3 is 11.1 Å². The molecule has 1 atom stereocenters. The van der Waals surface area contributed by atoms with Gasteiger partial charge in [-0.1, -0.05) is 22.5 Å². The van der Waals surface area contributed by atoms with E-state index in [0.29, 0.717) is 5.57 Å². The molecule has 0 radical (unpaired) electrons. The van der Waals surface area contributed by atoms with E-state index in [2.05, 4.69) is 27.8 Å². The second-order valence-electron chi connectivity index (χ2n) is 3.33. The van der Waals surface area contributed by atoms with Gasteiger partial charge >= 0.3 is 0 Å². The molecule has 3 nitrogen and oxygen atoms in total. The molecule has 0 aliphatic rings. The predicted molar refractivity (Wildman–Crippen MR) is 65.6 cm³/mol. The molecule has 0 aromatic heterocycles. The van der Waals surface area contributed by atoms with Gasteiger partial charge in [0.2, 0.25) is 5.91 Å². The summed E-state index contributed by atoms with van der Waals surface area (Å²) < 4.78 is 0.985. The van der Waals surface area contributed by atoms with Crippen LogP contribution in [0.15, 0.2) is 40.9 Å². The lowest BCUT2D eigenvalue weighted by atomic mass is 10.1. The molecule has 0 bridgehead atoms. The minimum Gasteiger partial charge on any atom is -0.370 e. The fourth-order valence-corrected chi connectivity index (χ4v) is 1.41. The van der Waals surface area contributed by atoms with Gasteiger partial charge in [-0.3, -0.25) is 4.79 Å². The third-order valence-electron chi connectivity index (χ3n) is 1.93. The topological polar surface area (TPSA) is 55.1 Å². The molecule has 3 N–H and O–H groups in total. The first-order valence-electron chi connectivity index (χ1n) is 4.47. The highest BCUT2D eigenvalue weighted by atomic mass is 79.9. The first kappa shape index (κ1) is 11.8. The molecule has 1 unspecified atom stereocenters. The van der Waals surface area contributed by atoms with Crippen LogP contribution in [-0.2, 0) is 4.79 Å². The van der Waals surface area contributed by atoms with Gasteiger partial charge in [0.1, 0.15) is 6.04 Å². The Balaban J connectivity index is 2.79. The van der Waals surface area contributed by atoms with Crippen molar-refractivity contribution in [1.82, 2.24) is 0 Å². The highest BCUT2D eigenvalue weighted by Crippen LogP contribution is 2.16. The number of anilines is 1. The molecule has 4 heteroatoms. The maximum Gasteiger partial charge on any atom is 0.244 e. The molecule has 80 valence electrons. The van der Waals surface area contributed by atoms with Crippen molar-refractivity contribution in [1.29, 1.82) is 0 Å². The summed E-state index contributed by atoms with van der Waals surface area (Å²) in [6.07, 6.45) is 0. The van der Waals surface area contributed by atoms with Gasteiger partial charge in [-0.2, -0.15) is 0 Å². The van der Waals surface area contributed by atoms with Crippen LogP contribution in [0.5, 0.6) is 0 Å². The SMILES string of the molecule is C=C(C)C(Nc1ccc(Br)cc1)C(N)=O. The fourth-order valence-electron chi connectivity index (χ4n) is 1.15. The third kappa shape index (κ3) is 3.40. The van der Waals surface area contributed by atoms with E-state index in [4.69, 9.17) is 5.73 Å². The Bertz CT molecular complexity index is 359. The van der Waals surface area contributed by atoms with E-state index < -0.39 is 11.9 Å². The maximum absolute atomic E-state index is 11.1. The third-order valence-corrected chi connectivity index (χ3v) is 2.46. The van der Waals surface area contributed by atoms with E-state index in [0.717, 1.165) is 10.2 Å². The molecule has 15 heavy (non-hydrogen) atoms. The molecule has 0 heterocycles. The number of hydrogen-bond donors (Lipinski definition) is 2. The lowest BCUT2D eigenvalue weighted by molar-refractivity contribution is -0.118. The van der Waals surface area contributed by atoms with Crippen LogP contribution in [0.2, 0.25) is 0 Å². The number of nitrogens with two attached hydrogens (primary N) is 1. The van der Waals surface area contributed by atoms with Crippen LogP contribution >= 0.6 is 15.9 Å². The summed E-state index contributed by atoms with van der Waals surface area (Å²) in [5.74, 6) is -0.426. The molecule has 1 aromatic rings. The minimum absolute atomic E-state index is 0.426. The fraction of sp³-hybridized carbons (Fsp3) is 0.182. The highest BCUT2D eigenvalue weighted by Gasteiger charge is 2.14. The summed E-state index contributed by atoms with van der Waals surface area (Å²) in [4.78, 5) is 11.1. The zero-order valence-corrected chi connectivity index (χ0v) is 10.0. The Morgan fingerprint density at radius 3 is 2.40 bits per heavy atom. The molecule has 1 aromatic carbocycles. The summed E-state index contributed by atoms with van der Waals surface area (Å²) >= 11 is 3.33. The zero-order chi connectivity index (χ0) is 11.4. The van der Waals surface area contributed by atoms with Crippen molar-refractivity contribution in [2.45, 2.75) is 13.0 Å². The number of primary amides is 1. The number of rotatable bonds is 4. The lowest BCUT2D eigenvalue weighted by Gasteiger charge is -2.16. The second-order valence-corrected chi connectivity index (χ2v) is 4.25. The Kier molecular flexibility index (Phi) is 3.91. The summed E-state index contributed by atoms with van der Waals surface area (Å²) in [5, 5.41) is 3.01. The van der Waals surface area contributed by atoms with Crippen molar-refractivity contribution >= 4 is 27.5 Å². The molecule has 1 amide bonds. The van der Waals surface area contributed by atoms with Crippen LogP contribution in [0.1, 0.15) is 6.92 Å². The van der Waals surface area contributed by atoms with E-state index in [1.807, 2.05) is 24.3 Å². The lowest BCUT2D eigenvalue weighted by Crippen LogP contribution is -2.36. The van der Waals surface area contributed by atoms with Gasteiger partial charge in [0.05, 0.1) is 0 Å². The van der Waals surface area contributed by atoms with E-state index >= 15 is 0 Å². The highest BCUT2D eigenvalue weighted by molar-refractivity contribution is 9.10. The van der Waals surface area contributed by atoms with Crippen molar-refractivity contribution in [2.24, 2.45) is 5.73 Å². The summed E-state index contributed by atoms with van der Waals surface area (Å²) in [6, 6.07) is 6.98. The van der Waals surface area contributed by atoms with Crippen molar-refractivity contribution in [2.75, 3.05) is 5.32 Å². The Morgan fingerprint density at radius 1 is 1.47 bits per heavy atom. The molecule has 1 rings (SSSR count). The molecule has 0 saturated carbocycles. The Labute approximate surface area is 97.5 Å². The van der Waals surface area contributed by atoms with Crippen LogP contribution in [-0.4, -0.2) is 11.9 Å². The van der Waals surface area contributed by atoms with Crippen LogP contribution in [0.3, 0.4) is 0 Å². The standard InChI is InChI=1S/C11H13BrN2O/c1-7(2)10(11(13)15)14-9-5-3-8(12)4-6-9/h3-6,10,14H,1H2,2H3,(H2,13,15). The van der Waals surface area contributed by atoms with Gasteiger partial charge in [-0.05, 0) is 36.8 Å². The van der Waals surface area contributed by atoms with Crippen LogP contribution in [0, 0.1) is 0 Å². The molecule has 0 fully saturated rings. The molecule has 0 aliphatic carbocycles. The number of benzene rings is 1. The van der Waals surface area contributed by atoms with E-state index in [1.54, 1.807) is 6.92 Å². The van der Waals surface area contributed by atoms with Gasteiger partial charge in [-0.25, -0.2) is 0 Å². The number of amides is 1. The molecular weight excluding hydrogens is 256 g/mol. The number of nitrogens with one attached hydrogen (secondary N) is 1. The van der Waals surface area contributed by atoms with Crippen molar-refractivity contribution in [3.63, 3.8) is 0 Å². The Morgan fingerprint density at radius 2 is 2.00 bits per heavy atom. The largest absolute Gasteiger partial charge is 0.370 e. The first-order valence-corrected chi connectivity index (χ1v) is 5.27. The molecular formula is C11H13BrN2O. The van der Waals surface area contributed by atoms with Crippen molar-refractivity contribution in [3.8, 4) is 0 Å². The second kappa shape index (κ2) is 4.98. The normalized spacial score (nSPS) is 11.9. The summed E-state index contributed by atoms with van der Waals surface area (Å²) in [7, 11) is 0. The predicted octanol–water partition coefficient (Wildman–Crippen LogP) is 2.29. The number of carbonyl (C=O) groups is 1. The van der Waals surface area contributed by atoms with Crippen LogP contribution < -0.4 is 11.1 Å². The monoisotopic (exact) mass is 268 g/mol. The number of carbonyl (C=O) groups excluding carboxylic acids is 1. The van der Waals surface area contributed by atoms with Crippen LogP contribution in [0.4, 0.5) is 5.69 Å². The molecule has 0 saturated heterocycles. The Hall–Kier alpha value is -1.29. The smallest absolute Gasteiger partial charge is 0.244 e. The van der Waals surface area contributed by atoms with E-state index in [-0.39, 0.29) is 0 Å². The van der Waals surface area contributed by atoms with Gasteiger partial charge in [0.25, 0.3) is 0 Å². The average molecular weight is 269 g/mol. The maximum atomic E-state index is 11.1. The molecule has 0 aliphatic heterocycles. The van der Waals surface area contributed by atoms with Gasteiger partial charge in [0, 0.05) is 10.2 Å². The first-order chi connectivity index (χ1) is 7.00. The quantitative estimate of drug-likeness (QED) is 0.824.